The van der Waals surface area contributed by atoms with Gasteiger partial charge in [-0.2, -0.15) is 5.26 Å². The molecule has 0 radical (unpaired) electrons. The van der Waals surface area contributed by atoms with E-state index in [2.05, 4.69) is 24.8 Å². The van der Waals surface area contributed by atoms with Gasteiger partial charge >= 0.3 is 0 Å². The highest BCUT2D eigenvalue weighted by Crippen LogP contribution is 2.37. The predicted molar refractivity (Wildman–Crippen MR) is 137 cm³/mol. The first-order valence-corrected chi connectivity index (χ1v) is 12.6. The lowest BCUT2D eigenvalue weighted by molar-refractivity contribution is -0.122. The lowest BCUT2D eigenvalue weighted by Crippen LogP contribution is -2.42. The number of nitrogens with zero attached hydrogens (tertiary/aromatic N) is 4. The molecule has 2 atom stereocenters. The van der Waals surface area contributed by atoms with Crippen LogP contribution in [0.25, 0.3) is 6.08 Å². The standard InChI is InChI=1S/C24H32N4O3S2/c1-6-31-9-7-8-28-23(30)20(33-24(28)32)11-18-17(4)19(12-25)22(29)26(5)21(18)27-13-15(2)10-16(3)14-27/h11,15-16H,6-10,13-14H2,1-5H3. The summed E-state index contributed by atoms with van der Waals surface area (Å²) in [4.78, 5) is 30.5. The molecule has 0 N–H and O–H groups in total. The summed E-state index contributed by atoms with van der Waals surface area (Å²) in [6, 6.07) is 2.06. The first-order chi connectivity index (χ1) is 15.7. The highest BCUT2D eigenvalue weighted by molar-refractivity contribution is 8.26. The number of nitriles is 1. The van der Waals surface area contributed by atoms with Crippen LogP contribution in [0.5, 0.6) is 0 Å². The summed E-state index contributed by atoms with van der Waals surface area (Å²) in [5, 5.41) is 9.66. The van der Waals surface area contributed by atoms with Gasteiger partial charge in [0.2, 0.25) is 0 Å². The Kier molecular flexibility index (Phi) is 8.38. The number of ether oxygens (including phenoxy) is 1. The van der Waals surface area contributed by atoms with Crippen LogP contribution in [-0.4, -0.2) is 52.5 Å². The third-order valence-electron chi connectivity index (χ3n) is 6.16. The molecule has 0 saturated carbocycles. The number of rotatable bonds is 7. The zero-order chi connectivity index (χ0) is 24.3. The third-order valence-corrected chi connectivity index (χ3v) is 7.54. The average Bonchev–Trinajstić information content (AvgIpc) is 3.02. The van der Waals surface area contributed by atoms with Gasteiger partial charge in [0.05, 0.1) is 4.91 Å². The molecule has 0 bridgehead atoms. The molecule has 1 amide bonds. The highest BCUT2D eigenvalue weighted by atomic mass is 32.2. The maximum absolute atomic E-state index is 13.2. The number of thioether (sulfide) groups is 1. The highest BCUT2D eigenvalue weighted by Gasteiger charge is 2.33. The van der Waals surface area contributed by atoms with E-state index in [4.69, 9.17) is 17.0 Å². The van der Waals surface area contributed by atoms with Crippen molar-refractivity contribution in [2.24, 2.45) is 18.9 Å². The monoisotopic (exact) mass is 488 g/mol. The fraction of sp³-hybridized carbons (Fsp3) is 0.583. The van der Waals surface area contributed by atoms with Crippen LogP contribution in [0.15, 0.2) is 9.70 Å². The van der Waals surface area contributed by atoms with Crippen molar-refractivity contribution in [3.63, 3.8) is 0 Å². The van der Waals surface area contributed by atoms with Crippen molar-refractivity contribution < 1.29 is 9.53 Å². The fourth-order valence-electron chi connectivity index (χ4n) is 4.72. The molecular weight excluding hydrogens is 456 g/mol. The SMILES string of the molecule is CCOCCCN1C(=O)C(=Cc2c(C)c(C#N)c(=O)n(C)c2N2CC(C)CC(C)C2)SC1=S. The van der Waals surface area contributed by atoms with E-state index in [1.165, 1.54) is 11.8 Å². The molecule has 3 heterocycles. The summed E-state index contributed by atoms with van der Waals surface area (Å²) >= 11 is 6.74. The van der Waals surface area contributed by atoms with Gasteiger partial charge in [-0.3, -0.25) is 19.1 Å². The largest absolute Gasteiger partial charge is 0.382 e. The van der Waals surface area contributed by atoms with Gasteiger partial charge in [-0.25, -0.2) is 0 Å². The summed E-state index contributed by atoms with van der Waals surface area (Å²) in [6.45, 7) is 11.5. The number of amides is 1. The first-order valence-electron chi connectivity index (χ1n) is 11.4. The Morgan fingerprint density at radius 2 is 1.94 bits per heavy atom. The summed E-state index contributed by atoms with van der Waals surface area (Å²) < 4.78 is 7.46. The third kappa shape index (κ3) is 5.34. The number of pyridine rings is 1. The van der Waals surface area contributed by atoms with E-state index in [0.29, 0.717) is 52.8 Å². The van der Waals surface area contributed by atoms with Gasteiger partial charge in [-0.15, -0.1) is 0 Å². The van der Waals surface area contributed by atoms with E-state index in [-0.39, 0.29) is 17.0 Å². The Morgan fingerprint density at radius 1 is 1.27 bits per heavy atom. The van der Waals surface area contributed by atoms with Crippen molar-refractivity contribution in [2.45, 2.75) is 40.5 Å². The topological polar surface area (TPSA) is 78.6 Å². The lowest BCUT2D eigenvalue weighted by atomic mass is 9.91. The summed E-state index contributed by atoms with van der Waals surface area (Å²) in [5.41, 5.74) is 1.14. The van der Waals surface area contributed by atoms with E-state index < -0.39 is 0 Å². The molecule has 2 aliphatic rings. The van der Waals surface area contributed by atoms with E-state index in [1.54, 1.807) is 23.4 Å². The molecule has 0 spiro atoms. The zero-order valence-corrected chi connectivity index (χ0v) is 21.6. The van der Waals surface area contributed by atoms with Crippen LogP contribution in [0.4, 0.5) is 5.82 Å². The minimum Gasteiger partial charge on any atom is -0.382 e. The number of hydrogen-bond acceptors (Lipinski definition) is 7. The quantitative estimate of drug-likeness (QED) is 0.329. The molecule has 7 nitrogen and oxygen atoms in total. The number of hydrogen-bond donors (Lipinski definition) is 0. The van der Waals surface area contributed by atoms with Crippen LogP contribution in [0.1, 0.15) is 50.3 Å². The van der Waals surface area contributed by atoms with Crippen molar-refractivity contribution in [2.75, 3.05) is 37.7 Å². The lowest BCUT2D eigenvalue weighted by Gasteiger charge is -2.38. The van der Waals surface area contributed by atoms with E-state index in [0.717, 1.165) is 30.9 Å². The minimum absolute atomic E-state index is 0.109. The number of piperidine rings is 1. The summed E-state index contributed by atoms with van der Waals surface area (Å²) in [7, 11) is 1.71. The Labute approximate surface area is 205 Å². The van der Waals surface area contributed by atoms with Gasteiger partial charge in [-0.05, 0) is 50.2 Å². The Bertz CT molecular complexity index is 1060. The smallest absolute Gasteiger partial charge is 0.270 e. The van der Waals surface area contributed by atoms with Crippen LogP contribution < -0.4 is 10.5 Å². The molecular formula is C24H32N4O3S2. The average molecular weight is 489 g/mol. The molecule has 3 rings (SSSR count). The second kappa shape index (κ2) is 10.9. The molecule has 2 fully saturated rings. The molecule has 178 valence electrons. The van der Waals surface area contributed by atoms with Gasteiger partial charge in [0.15, 0.2) is 0 Å². The maximum Gasteiger partial charge on any atom is 0.270 e. The molecule has 2 aliphatic heterocycles. The fourth-order valence-corrected chi connectivity index (χ4v) is 6.01. The van der Waals surface area contributed by atoms with Crippen LogP contribution >= 0.6 is 24.0 Å². The maximum atomic E-state index is 13.2. The minimum atomic E-state index is -0.309. The van der Waals surface area contributed by atoms with E-state index in [9.17, 15) is 14.9 Å². The zero-order valence-electron chi connectivity index (χ0n) is 20.0. The molecule has 1 aromatic rings. The molecule has 33 heavy (non-hydrogen) atoms. The van der Waals surface area contributed by atoms with Gasteiger partial charge in [-0.1, -0.05) is 37.8 Å². The van der Waals surface area contributed by atoms with Crippen LogP contribution in [-0.2, 0) is 16.6 Å². The Morgan fingerprint density at radius 3 is 2.55 bits per heavy atom. The second-order valence-corrected chi connectivity index (χ2v) is 10.6. The van der Waals surface area contributed by atoms with E-state index in [1.807, 2.05) is 13.0 Å². The van der Waals surface area contributed by atoms with Crippen molar-refractivity contribution in [1.29, 1.82) is 5.26 Å². The number of carbonyl (C=O) groups is 1. The van der Waals surface area contributed by atoms with Crippen LogP contribution in [0.3, 0.4) is 0 Å². The van der Waals surface area contributed by atoms with Gasteiger partial charge in [0.25, 0.3) is 11.5 Å². The molecule has 1 aromatic heterocycles. The summed E-state index contributed by atoms with van der Waals surface area (Å²) in [6.07, 6.45) is 3.66. The molecule has 0 aliphatic carbocycles. The van der Waals surface area contributed by atoms with E-state index >= 15 is 0 Å². The van der Waals surface area contributed by atoms with Crippen molar-refractivity contribution in [1.82, 2.24) is 9.47 Å². The first kappa shape index (κ1) is 25.5. The van der Waals surface area contributed by atoms with Gasteiger partial charge in [0.1, 0.15) is 21.8 Å². The predicted octanol–water partition coefficient (Wildman–Crippen LogP) is 3.68. The van der Waals surface area contributed by atoms with Crippen LogP contribution in [0.2, 0.25) is 0 Å². The number of anilines is 1. The van der Waals surface area contributed by atoms with Gasteiger partial charge in [0, 0.05) is 45.5 Å². The Hall–Kier alpha value is -2.15. The second-order valence-electron chi connectivity index (χ2n) is 8.95. The molecule has 9 heteroatoms. The van der Waals surface area contributed by atoms with Crippen molar-refractivity contribution >= 4 is 46.1 Å². The van der Waals surface area contributed by atoms with Gasteiger partial charge < -0.3 is 9.64 Å². The number of aromatic nitrogens is 1. The summed E-state index contributed by atoms with van der Waals surface area (Å²) in [5.74, 6) is 1.59. The normalized spacial score (nSPS) is 22.4. The number of thiocarbonyl (C=S) groups is 1. The molecule has 2 unspecified atom stereocenters. The van der Waals surface area contributed by atoms with Crippen molar-refractivity contribution in [3.8, 4) is 6.07 Å². The van der Waals surface area contributed by atoms with Crippen LogP contribution in [0, 0.1) is 30.1 Å². The molecule has 0 aromatic carbocycles. The number of carbonyl (C=O) groups excluding carboxylic acids is 1. The van der Waals surface area contributed by atoms with Crippen molar-refractivity contribution in [3.05, 3.63) is 31.9 Å². The Balaban J connectivity index is 2.05. The molecule has 2 saturated heterocycles.